The standard InChI is InChI=1S/C23H29N3O3S/c27-23-9-6-16-26(23)21-10-12-22(13-11-21)30(28,29)24-17-19-7-2-3-8-20(19)18-25-14-4-1-5-15-25/h2-3,7-8,10-13,24H,1,4-6,9,14-18H2. The van der Waals surface area contributed by atoms with Gasteiger partial charge in [-0.1, -0.05) is 30.7 Å². The molecule has 6 nitrogen and oxygen atoms in total. The van der Waals surface area contributed by atoms with Crippen LogP contribution < -0.4 is 9.62 Å². The van der Waals surface area contributed by atoms with Crippen molar-refractivity contribution in [3.8, 4) is 0 Å². The van der Waals surface area contributed by atoms with Gasteiger partial charge in [-0.25, -0.2) is 13.1 Å². The molecule has 2 saturated heterocycles. The Labute approximate surface area is 178 Å². The first-order chi connectivity index (χ1) is 14.5. The van der Waals surface area contributed by atoms with Crippen molar-refractivity contribution in [2.24, 2.45) is 0 Å². The predicted octanol–water partition coefficient (Wildman–Crippen LogP) is 3.28. The monoisotopic (exact) mass is 427 g/mol. The smallest absolute Gasteiger partial charge is 0.240 e. The molecule has 0 bridgehead atoms. The molecule has 0 aliphatic carbocycles. The predicted molar refractivity (Wildman–Crippen MR) is 118 cm³/mol. The number of anilines is 1. The zero-order valence-corrected chi connectivity index (χ0v) is 18.0. The van der Waals surface area contributed by atoms with Crippen molar-refractivity contribution in [2.75, 3.05) is 24.5 Å². The molecule has 2 aliphatic rings. The van der Waals surface area contributed by atoms with E-state index in [4.69, 9.17) is 0 Å². The molecular formula is C23H29N3O3S. The Balaban J connectivity index is 1.42. The summed E-state index contributed by atoms with van der Waals surface area (Å²) in [5.41, 5.74) is 2.93. The molecule has 0 aromatic heterocycles. The topological polar surface area (TPSA) is 69.7 Å². The van der Waals surface area contributed by atoms with Crippen LogP contribution in [0.2, 0.25) is 0 Å². The van der Waals surface area contributed by atoms with Crippen LogP contribution in [-0.4, -0.2) is 38.9 Å². The number of nitrogens with zero attached hydrogens (tertiary/aromatic N) is 2. The van der Waals surface area contributed by atoms with Gasteiger partial charge in [0.2, 0.25) is 15.9 Å². The lowest BCUT2D eigenvalue weighted by molar-refractivity contribution is -0.117. The van der Waals surface area contributed by atoms with Crippen molar-refractivity contribution in [3.05, 3.63) is 59.7 Å². The molecule has 0 spiro atoms. The van der Waals surface area contributed by atoms with Crippen molar-refractivity contribution in [2.45, 2.75) is 50.1 Å². The molecular weight excluding hydrogens is 398 g/mol. The molecule has 0 saturated carbocycles. The van der Waals surface area contributed by atoms with E-state index in [1.165, 1.54) is 24.8 Å². The van der Waals surface area contributed by atoms with Gasteiger partial charge in [-0.3, -0.25) is 9.69 Å². The van der Waals surface area contributed by atoms with Crippen LogP contribution in [0.4, 0.5) is 5.69 Å². The molecule has 2 aromatic carbocycles. The number of nitrogens with one attached hydrogen (secondary N) is 1. The van der Waals surface area contributed by atoms with Gasteiger partial charge in [0, 0.05) is 31.7 Å². The normalized spacial score (nSPS) is 18.1. The van der Waals surface area contributed by atoms with Crippen molar-refractivity contribution < 1.29 is 13.2 Å². The molecule has 160 valence electrons. The summed E-state index contributed by atoms with van der Waals surface area (Å²) in [5, 5.41) is 0. The molecule has 7 heteroatoms. The highest BCUT2D eigenvalue weighted by molar-refractivity contribution is 7.89. The SMILES string of the molecule is O=C1CCCN1c1ccc(S(=O)(=O)NCc2ccccc2CN2CCCCC2)cc1. The lowest BCUT2D eigenvalue weighted by Crippen LogP contribution is -2.30. The van der Waals surface area contributed by atoms with Crippen LogP contribution in [0.15, 0.2) is 53.4 Å². The van der Waals surface area contributed by atoms with E-state index in [2.05, 4.69) is 15.7 Å². The van der Waals surface area contributed by atoms with Gasteiger partial charge in [0.15, 0.2) is 0 Å². The van der Waals surface area contributed by atoms with E-state index in [0.29, 0.717) is 13.0 Å². The average molecular weight is 428 g/mol. The Morgan fingerprint density at radius 1 is 0.833 bits per heavy atom. The number of sulfonamides is 1. The quantitative estimate of drug-likeness (QED) is 0.736. The Hall–Kier alpha value is -2.22. The summed E-state index contributed by atoms with van der Waals surface area (Å²) in [6.07, 6.45) is 5.15. The highest BCUT2D eigenvalue weighted by Crippen LogP contribution is 2.23. The zero-order chi connectivity index (χ0) is 21.0. The molecule has 2 fully saturated rings. The summed E-state index contributed by atoms with van der Waals surface area (Å²) in [6, 6.07) is 14.6. The summed E-state index contributed by atoms with van der Waals surface area (Å²) in [5.74, 6) is 0.0917. The van der Waals surface area contributed by atoms with E-state index >= 15 is 0 Å². The van der Waals surface area contributed by atoms with Crippen LogP contribution in [0.1, 0.15) is 43.2 Å². The Kier molecular flexibility index (Phi) is 6.51. The van der Waals surface area contributed by atoms with Crippen molar-refractivity contribution in [3.63, 3.8) is 0 Å². The summed E-state index contributed by atoms with van der Waals surface area (Å²) in [7, 11) is -3.63. The molecule has 2 aliphatic heterocycles. The average Bonchev–Trinajstić information content (AvgIpc) is 3.20. The molecule has 0 atom stereocenters. The lowest BCUT2D eigenvalue weighted by atomic mass is 10.1. The van der Waals surface area contributed by atoms with Gasteiger partial charge in [0.25, 0.3) is 0 Å². The van der Waals surface area contributed by atoms with E-state index < -0.39 is 10.0 Å². The Morgan fingerprint density at radius 3 is 2.20 bits per heavy atom. The fourth-order valence-electron chi connectivity index (χ4n) is 4.23. The van der Waals surface area contributed by atoms with Gasteiger partial charge < -0.3 is 4.90 Å². The number of benzene rings is 2. The number of rotatable bonds is 7. The molecule has 4 rings (SSSR count). The molecule has 1 amide bonds. The molecule has 2 aromatic rings. The number of hydrogen-bond donors (Lipinski definition) is 1. The van der Waals surface area contributed by atoms with Crippen molar-refractivity contribution in [1.29, 1.82) is 0 Å². The fourth-order valence-corrected chi connectivity index (χ4v) is 5.23. The highest BCUT2D eigenvalue weighted by atomic mass is 32.2. The first kappa shape index (κ1) is 21.0. The maximum Gasteiger partial charge on any atom is 0.240 e. The largest absolute Gasteiger partial charge is 0.312 e. The third-order valence-corrected chi connectivity index (χ3v) is 7.36. The number of carbonyl (C=O) groups excluding carboxylic acids is 1. The first-order valence-corrected chi connectivity index (χ1v) is 12.2. The van der Waals surface area contributed by atoms with E-state index in [1.54, 1.807) is 29.2 Å². The van der Waals surface area contributed by atoms with Crippen LogP contribution >= 0.6 is 0 Å². The minimum atomic E-state index is -3.63. The van der Waals surface area contributed by atoms with Gasteiger partial charge >= 0.3 is 0 Å². The van der Waals surface area contributed by atoms with Crippen LogP contribution in [0, 0.1) is 0 Å². The van der Waals surface area contributed by atoms with Crippen LogP contribution in [-0.2, 0) is 27.9 Å². The summed E-state index contributed by atoms with van der Waals surface area (Å²) < 4.78 is 28.3. The van der Waals surface area contributed by atoms with Crippen molar-refractivity contribution in [1.82, 2.24) is 9.62 Å². The number of likely N-dealkylation sites (tertiary alicyclic amines) is 1. The number of piperidine rings is 1. The van der Waals surface area contributed by atoms with E-state index in [0.717, 1.165) is 37.3 Å². The summed E-state index contributed by atoms with van der Waals surface area (Å²) >= 11 is 0. The third kappa shape index (κ3) is 4.91. The second-order valence-corrected chi connectivity index (χ2v) is 9.84. The summed E-state index contributed by atoms with van der Waals surface area (Å²) in [4.78, 5) is 16.2. The molecule has 2 heterocycles. The maximum absolute atomic E-state index is 12.8. The van der Waals surface area contributed by atoms with Gasteiger partial charge in [-0.15, -0.1) is 0 Å². The molecule has 0 radical (unpaired) electrons. The number of hydrogen-bond acceptors (Lipinski definition) is 4. The highest BCUT2D eigenvalue weighted by Gasteiger charge is 2.22. The molecule has 30 heavy (non-hydrogen) atoms. The fraction of sp³-hybridized carbons (Fsp3) is 0.435. The zero-order valence-electron chi connectivity index (χ0n) is 17.2. The van der Waals surface area contributed by atoms with Crippen molar-refractivity contribution >= 4 is 21.6 Å². The number of amides is 1. The Morgan fingerprint density at radius 2 is 1.53 bits per heavy atom. The summed E-state index contributed by atoms with van der Waals surface area (Å²) in [6.45, 7) is 4.02. The van der Waals surface area contributed by atoms with Gasteiger partial charge in [0.05, 0.1) is 4.90 Å². The molecule has 0 unspecified atom stereocenters. The Bertz CT molecular complexity index is 983. The minimum absolute atomic E-state index is 0.0917. The van der Waals surface area contributed by atoms with Crippen LogP contribution in [0.25, 0.3) is 0 Å². The van der Waals surface area contributed by atoms with E-state index in [9.17, 15) is 13.2 Å². The second-order valence-electron chi connectivity index (χ2n) is 8.07. The minimum Gasteiger partial charge on any atom is -0.312 e. The molecule has 1 N–H and O–H groups in total. The van der Waals surface area contributed by atoms with Crippen LogP contribution in [0.5, 0.6) is 0 Å². The van der Waals surface area contributed by atoms with E-state index in [-0.39, 0.29) is 17.3 Å². The first-order valence-electron chi connectivity index (χ1n) is 10.7. The second kappa shape index (κ2) is 9.29. The van der Waals surface area contributed by atoms with Gasteiger partial charge in [0.1, 0.15) is 0 Å². The number of carbonyl (C=O) groups is 1. The van der Waals surface area contributed by atoms with Gasteiger partial charge in [-0.2, -0.15) is 0 Å². The van der Waals surface area contributed by atoms with Gasteiger partial charge in [-0.05, 0) is 67.7 Å². The van der Waals surface area contributed by atoms with Crippen LogP contribution in [0.3, 0.4) is 0 Å². The maximum atomic E-state index is 12.8. The van der Waals surface area contributed by atoms with E-state index in [1.807, 2.05) is 18.2 Å². The third-order valence-electron chi connectivity index (χ3n) is 5.95. The lowest BCUT2D eigenvalue weighted by Gasteiger charge is -2.27.